The summed E-state index contributed by atoms with van der Waals surface area (Å²) in [6.45, 7) is 7.31. The maximum absolute atomic E-state index is 13.2. The van der Waals surface area contributed by atoms with Crippen LogP contribution in [0.4, 0.5) is 5.82 Å². The summed E-state index contributed by atoms with van der Waals surface area (Å²) in [6, 6.07) is 3.73. The van der Waals surface area contributed by atoms with E-state index < -0.39 is 0 Å². The Balaban J connectivity index is 1.54. The van der Waals surface area contributed by atoms with Crippen molar-refractivity contribution in [2.75, 3.05) is 20.1 Å². The molecule has 12 heteroatoms. The summed E-state index contributed by atoms with van der Waals surface area (Å²) >= 11 is 1.26. The smallest absolute Gasteiger partial charge is 0.254 e. The first-order valence-corrected chi connectivity index (χ1v) is 12.0. The quantitative estimate of drug-likeness (QED) is 0.198. The van der Waals surface area contributed by atoms with Gasteiger partial charge in [-0.05, 0) is 32.7 Å². The first-order chi connectivity index (χ1) is 17.9. The van der Waals surface area contributed by atoms with Crippen molar-refractivity contribution < 1.29 is 14.3 Å². The van der Waals surface area contributed by atoms with Crippen LogP contribution in [0, 0.1) is 13.8 Å². The largest absolute Gasteiger partial charge is 0.494 e. The topological polar surface area (TPSA) is 137 Å². The molecule has 0 aliphatic heterocycles. The lowest BCUT2D eigenvalue weighted by atomic mass is 9.99. The zero-order chi connectivity index (χ0) is 26.4. The first kappa shape index (κ1) is 25.6. The Morgan fingerprint density at radius 3 is 2.32 bits per heavy atom. The first-order valence-electron chi connectivity index (χ1n) is 11.0. The Hall–Kier alpha value is -4.45. The number of rotatable bonds is 9. The number of hydrogen-bond acceptors (Lipinski definition) is 11. The molecule has 4 aromatic heterocycles. The van der Waals surface area contributed by atoms with Crippen LogP contribution in [0.25, 0.3) is 22.5 Å². The summed E-state index contributed by atoms with van der Waals surface area (Å²) in [7, 11) is 3.08. The van der Waals surface area contributed by atoms with Gasteiger partial charge in [-0.2, -0.15) is 0 Å². The molecule has 4 aromatic rings. The second kappa shape index (κ2) is 11.5. The van der Waals surface area contributed by atoms with Crippen molar-refractivity contribution in [1.29, 1.82) is 0 Å². The molecule has 0 saturated heterocycles. The van der Waals surface area contributed by atoms with E-state index in [1.165, 1.54) is 31.3 Å². The number of ether oxygens (including phenoxy) is 2. The molecule has 0 unspecified atom stereocenters. The highest BCUT2D eigenvalue weighted by Gasteiger charge is 2.18. The number of methoxy groups -OCH3 is 2. The highest BCUT2D eigenvalue weighted by Crippen LogP contribution is 2.33. The van der Waals surface area contributed by atoms with Gasteiger partial charge in [-0.25, -0.2) is 24.9 Å². The van der Waals surface area contributed by atoms with Crippen LogP contribution in [0.5, 0.6) is 11.6 Å². The van der Waals surface area contributed by atoms with Gasteiger partial charge in [-0.3, -0.25) is 14.8 Å². The molecule has 0 spiro atoms. The molecule has 1 N–H and O–H groups in total. The number of carbonyl (C=O) groups excluding carboxylic acids is 1. The van der Waals surface area contributed by atoms with E-state index in [1.807, 2.05) is 26.0 Å². The molecular formula is C25H24N8O3S. The molecule has 0 aliphatic carbocycles. The molecule has 4 rings (SSSR count). The Kier molecular flexibility index (Phi) is 7.98. The van der Waals surface area contributed by atoms with E-state index in [1.54, 1.807) is 25.7 Å². The fourth-order valence-corrected chi connectivity index (χ4v) is 4.15. The van der Waals surface area contributed by atoms with Gasteiger partial charge in [0.15, 0.2) is 5.82 Å². The highest BCUT2D eigenvalue weighted by molar-refractivity contribution is 7.99. The third kappa shape index (κ3) is 5.86. The zero-order valence-corrected chi connectivity index (χ0v) is 21.5. The van der Waals surface area contributed by atoms with Crippen molar-refractivity contribution in [1.82, 2.24) is 35.2 Å². The third-order valence-corrected chi connectivity index (χ3v) is 6.05. The Morgan fingerprint density at radius 2 is 1.65 bits per heavy atom. The third-order valence-electron chi connectivity index (χ3n) is 5.21. The maximum atomic E-state index is 13.2. The van der Waals surface area contributed by atoms with Crippen molar-refractivity contribution in [3.8, 4) is 34.1 Å². The van der Waals surface area contributed by atoms with E-state index >= 15 is 0 Å². The summed E-state index contributed by atoms with van der Waals surface area (Å²) < 4.78 is 10.5. The molecule has 11 nitrogen and oxygen atoms in total. The molecular weight excluding hydrogens is 492 g/mol. The molecule has 4 heterocycles. The number of amides is 1. The number of pyridine rings is 2. The number of aryl methyl sites for hydroxylation is 2. The van der Waals surface area contributed by atoms with Gasteiger partial charge in [0.1, 0.15) is 22.2 Å². The predicted molar refractivity (Wildman–Crippen MR) is 141 cm³/mol. The van der Waals surface area contributed by atoms with E-state index in [0.29, 0.717) is 45.0 Å². The minimum absolute atomic E-state index is 0.202. The zero-order valence-electron chi connectivity index (χ0n) is 20.7. The summed E-state index contributed by atoms with van der Waals surface area (Å²) in [5.41, 5.74) is 4.46. The van der Waals surface area contributed by atoms with E-state index in [-0.39, 0.29) is 11.8 Å². The lowest BCUT2D eigenvalue weighted by molar-refractivity contribution is 0.0961. The predicted octanol–water partition coefficient (Wildman–Crippen LogP) is 3.84. The van der Waals surface area contributed by atoms with Gasteiger partial charge in [0.2, 0.25) is 5.88 Å². The number of aromatic nitrogens is 6. The van der Waals surface area contributed by atoms with Gasteiger partial charge in [0.05, 0.1) is 50.4 Å². The van der Waals surface area contributed by atoms with Crippen LogP contribution in [-0.4, -0.2) is 62.6 Å². The molecule has 0 radical (unpaired) electrons. The molecule has 0 fully saturated rings. The number of aliphatic imine (C=N–C) groups is 1. The minimum Gasteiger partial charge on any atom is -0.494 e. The number of nitrogens with one attached hydrogen (secondary N) is 1. The van der Waals surface area contributed by atoms with Gasteiger partial charge in [0.25, 0.3) is 5.91 Å². The van der Waals surface area contributed by atoms with Gasteiger partial charge in [-0.15, -0.1) is 0 Å². The van der Waals surface area contributed by atoms with Crippen LogP contribution in [0.2, 0.25) is 0 Å². The van der Waals surface area contributed by atoms with E-state index in [9.17, 15) is 4.79 Å². The maximum Gasteiger partial charge on any atom is 0.254 e. The fourth-order valence-electron chi connectivity index (χ4n) is 3.40. The summed E-state index contributed by atoms with van der Waals surface area (Å²) in [5.74, 6) is 1.20. The molecule has 0 saturated carbocycles. The molecule has 188 valence electrons. The summed E-state index contributed by atoms with van der Waals surface area (Å²) in [4.78, 5) is 43.1. The van der Waals surface area contributed by atoms with Gasteiger partial charge in [-0.1, -0.05) is 11.8 Å². The second-order valence-corrected chi connectivity index (χ2v) is 8.64. The molecule has 37 heavy (non-hydrogen) atoms. The number of nitrogens with zero attached hydrogens (tertiary/aromatic N) is 7. The normalized spacial score (nSPS) is 10.6. The van der Waals surface area contributed by atoms with Crippen molar-refractivity contribution in [3.63, 3.8) is 0 Å². The van der Waals surface area contributed by atoms with Crippen LogP contribution in [0.3, 0.4) is 0 Å². The molecule has 0 aromatic carbocycles. The number of thioether (sulfide) groups is 1. The van der Waals surface area contributed by atoms with Crippen molar-refractivity contribution in [2.24, 2.45) is 4.99 Å². The minimum atomic E-state index is -0.301. The Bertz CT molecular complexity index is 1450. The van der Waals surface area contributed by atoms with E-state index in [4.69, 9.17) is 9.47 Å². The van der Waals surface area contributed by atoms with Crippen LogP contribution < -0.4 is 14.8 Å². The average Bonchev–Trinajstić information content (AvgIpc) is 2.92. The molecule has 1 amide bonds. The lowest BCUT2D eigenvalue weighted by Gasteiger charge is -2.14. The van der Waals surface area contributed by atoms with Crippen molar-refractivity contribution in [3.05, 3.63) is 60.1 Å². The van der Waals surface area contributed by atoms with Crippen LogP contribution >= 0.6 is 11.8 Å². The molecule has 0 bridgehead atoms. The van der Waals surface area contributed by atoms with Crippen LogP contribution in [0.15, 0.2) is 53.1 Å². The van der Waals surface area contributed by atoms with Crippen LogP contribution in [0.1, 0.15) is 21.7 Å². The van der Waals surface area contributed by atoms with E-state index in [0.717, 1.165) is 17.0 Å². The lowest BCUT2D eigenvalue weighted by Crippen LogP contribution is -2.24. The molecule has 0 aliphatic rings. The average molecular weight is 517 g/mol. The summed E-state index contributed by atoms with van der Waals surface area (Å²) in [6.07, 6.45) is 7.77. The Morgan fingerprint density at radius 1 is 0.919 bits per heavy atom. The van der Waals surface area contributed by atoms with Crippen molar-refractivity contribution in [2.45, 2.75) is 18.9 Å². The van der Waals surface area contributed by atoms with Gasteiger partial charge < -0.3 is 14.8 Å². The van der Waals surface area contributed by atoms with Crippen molar-refractivity contribution >= 4 is 30.2 Å². The highest BCUT2D eigenvalue weighted by atomic mass is 32.2. The van der Waals surface area contributed by atoms with Crippen LogP contribution in [-0.2, 0) is 0 Å². The number of hydrogen-bond donors (Lipinski definition) is 1. The molecule has 0 atom stereocenters. The van der Waals surface area contributed by atoms with E-state index in [2.05, 4.69) is 46.9 Å². The second-order valence-electron chi connectivity index (χ2n) is 7.68. The number of carbonyl (C=O) groups is 1. The SMILES string of the molecule is C=Nc1ncc(-c2cnc(OC)cn2)nc1SCNC(=O)c1cnc(C)cc1-c1cc(C)ncc1OC. The fraction of sp³-hybridized carbons (Fsp3) is 0.200. The monoisotopic (exact) mass is 516 g/mol. The summed E-state index contributed by atoms with van der Waals surface area (Å²) in [5, 5.41) is 3.39. The van der Waals surface area contributed by atoms with Gasteiger partial charge in [0, 0.05) is 28.7 Å². The van der Waals surface area contributed by atoms with Gasteiger partial charge >= 0.3 is 0 Å². The standard InChI is InChI=1S/C25H24N8O3S/c1-14-6-16(17-7-15(2)28-11-21(17)35-4)18(8-27-14)24(34)32-13-37-25-23(26-3)31-10-20(33-25)19-9-30-22(36-5)12-29-19/h6-12H,3,13H2,1-2,4-5H3,(H,32,34). The Labute approximate surface area is 217 Å².